The highest BCUT2D eigenvalue weighted by molar-refractivity contribution is 5.61. The molecule has 0 amide bonds. The summed E-state index contributed by atoms with van der Waals surface area (Å²) in [5.74, 6) is 0. The molecule has 2 aliphatic rings. The fraction of sp³-hybridized carbons (Fsp3) is 0.833. The molecule has 0 aromatic rings. The van der Waals surface area contributed by atoms with Gasteiger partial charge in [-0.15, -0.1) is 0 Å². The Hall–Kier alpha value is -0.810. The molecule has 0 bridgehead atoms. The smallest absolute Gasteiger partial charge is 0.430 e. The van der Waals surface area contributed by atoms with Gasteiger partial charge in [-0.3, -0.25) is 0 Å². The van der Waals surface area contributed by atoms with Crippen molar-refractivity contribution in [2.24, 2.45) is 0 Å². The lowest BCUT2D eigenvalue weighted by Crippen LogP contribution is -2.14. The summed E-state index contributed by atoms with van der Waals surface area (Å²) in [5, 5.41) is 8.33. The minimum absolute atomic E-state index is 0.161. The zero-order chi connectivity index (χ0) is 8.10. The minimum atomic E-state index is -0.691. The van der Waals surface area contributed by atoms with Crippen molar-refractivity contribution in [3.05, 3.63) is 0 Å². The van der Waals surface area contributed by atoms with Crippen LogP contribution in [0.3, 0.4) is 0 Å². The average molecular weight is 162 g/mol. The van der Waals surface area contributed by atoms with Gasteiger partial charge in [0.25, 0.3) is 0 Å². The lowest BCUT2D eigenvalue weighted by molar-refractivity contribution is 0.0919. The highest BCUT2D eigenvalue weighted by Gasteiger charge is 2.23. The van der Waals surface area contributed by atoms with Gasteiger partial charge >= 0.3 is 6.16 Å². The molecule has 2 heterocycles. The van der Waals surface area contributed by atoms with E-state index in [1.165, 1.54) is 0 Å². The number of ether oxygens (including phenoxy) is 3. The Morgan fingerprint density at radius 2 is 2.18 bits per heavy atom. The van der Waals surface area contributed by atoms with Crippen molar-refractivity contribution in [1.82, 2.24) is 0 Å². The Kier molecular flexibility index (Phi) is 3.13. The quantitative estimate of drug-likeness (QED) is 0.417. The molecule has 0 radical (unpaired) electrons. The lowest BCUT2D eigenvalue weighted by atomic mass is 10.4. The maximum atomic E-state index is 10.1. The van der Waals surface area contributed by atoms with Gasteiger partial charge < -0.3 is 19.3 Å². The second-order valence-electron chi connectivity index (χ2n) is 2.10. The van der Waals surface area contributed by atoms with Crippen molar-refractivity contribution < 1.29 is 24.1 Å². The molecule has 1 unspecified atom stereocenters. The number of hydrogen-bond acceptors (Lipinski definition) is 5. The molecule has 5 nitrogen and oxygen atoms in total. The zero-order valence-electron chi connectivity index (χ0n) is 5.99. The number of cyclic esters (lactones) is 2. The van der Waals surface area contributed by atoms with Gasteiger partial charge in [-0.25, -0.2) is 4.79 Å². The Morgan fingerprint density at radius 3 is 2.36 bits per heavy atom. The van der Waals surface area contributed by atoms with Crippen LogP contribution >= 0.6 is 0 Å². The van der Waals surface area contributed by atoms with Crippen molar-refractivity contribution in [3.63, 3.8) is 0 Å². The molecule has 2 aliphatic heterocycles. The predicted octanol–water partition coefficient (Wildman–Crippen LogP) is -0.469. The van der Waals surface area contributed by atoms with Crippen LogP contribution in [0.5, 0.6) is 0 Å². The molecule has 5 heteroatoms. The summed E-state index contributed by atoms with van der Waals surface area (Å²) >= 11 is 0. The van der Waals surface area contributed by atoms with E-state index < -0.39 is 12.3 Å². The average Bonchev–Trinajstić information content (AvgIpc) is 2.82. The molecule has 0 saturated carbocycles. The molecule has 64 valence electrons. The number of hydrogen-bond donors (Lipinski definition) is 1. The van der Waals surface area contributed by atoms with Crippen LogP contribution in [0.1, 0.15) is 0 Å². The van der Waals surface area contributed by atoms with Gasteiger partial charge in [0.15, 0.2) is 6.10 Å². The number of carbonyl (C=O) groups excluding carboxylic acids is 1. The van der Waals surface area contributed by atoms with E-state index in [2.05, 4.69) is 14.2 Å². The van der Waals surface area contributed by atoms with Crippen LogP contribution in [0.4, 0.5) is 4.79 Å². The van der Waals surface area contributed by atoms with Crippen LogP contribution in [0, 0.1) is 0 Å². The minimum Gasteiger partial charge on any atom is -0.430 e. The summed E-state index contributed by atoms with van der Waals surface area (Å²) in [7, 11) is 0. The van der Waals surface area contributed by atoms with Crippen LogP contribution in [0.25, 0.3) is 0 Å². The van der Waals surface area contributed by atoms with E-state index in [1.54, 1.807) is 0 Å². The normalized spacial score (nSPS) is 26.3. The van der Waals surface area contributed by atoms with Crippen molar-refractivity contribution in [2.75, 3.05) is 26.4 Å². The fourth-order valence-corrected chi connectivity index (χ4v) is 0.455. The third kappa shape index (κ3) is 3.79. The maximum Gasteiger partial charge on any atom is 0.508 e. The second kappa shape index (κ2) is 4.15. The van der Waals surface area contributed by atoms with Gasteiger partial charge in [-0.1, -0.05) is 0 Å². The first-order chi connectivity index (χ1) is 5.33. The predicted molar refractivity (Wildman–Crippen MR) is 34.1 cm³/mol. The second-order valence-corrected chi connectivity index (χ2v) is 2.10. The van der Waals surface area contributed by atoms with Crippen LogP contribution in [-0.4, -0.2) is 43.8 Å². The van der Waals surface area contributed by atoms with Gasteiger partial charge in [0.05, 0.1) is 19.8 Å². The maximum absolute atomic E-state index is 10.1. The third-order valence-electron chi connectivity index (χ3n) is 1.06. The number of rotatable bonds is 1. The third-order valence-corrected chi connectivity index (χ3v) is 1.06. The number of epoxide rings is 1. The molecule has 2 saturated heterocycles. The van der Waals surface area contributed by atoms with Crippen molar-refractivity contribution in [2.45, 2.75) is 6.10 Å². The van der Waals surface area contributed by atoms with Gasteiger partial charge in [-0.2, -0.15) is 0 Å². The van der Waals surface area contributed by atoms with Crippen LogP contribution in [0.15, 0.2) is 0 Å². The number of carbonyl (C=O) groups is 1. The SMILES string of the molecule is C1CO1.O=C1OCC(CO)O1. The first kappa shape index (κ1) is 8.29. The van der Waals surface area contributed by atoms with E-state index in [0.717, 1.165) is 13.2 Å². The van der Waals surface area contributed by atoms with E-state index >= 15 is 0 Å². The Balaban J connectivity index is 0.000000167. The van der Waals surface area contributed by atoms with Gasteiger partial charge in [0, 0.05) is 0 Å². The molecule has 11 heavy (non-hydrogen) atoms. The zero-order valence-corrected chi connectivity index (χ0v) is 5.99. The van der Waals surface area contributed by atoms with E-state index in [1.807, 2.05) is 0 Å². The molecule has 1 atom stereocenters. The Bertz CT molecular complexity index is 130. The van der Waals surface area contributed by atoms with Crippen molar-refractivity contribution in [3.8, 4) is 0 Å². The molecule has 0 aliphatic carbocycles. The lowest BCUT2D eigenvalue weighted by Gasteiger charge is -1.96. The van der Waals surface area contributed by atoms with Gasteiger partial charge in [0.1, 0.15) is 6.61 Å². The molecule has 2 rings (SSSR count). The fourth-order valence-electron chi connectivity index (χ4n) is 0.455. The summed E-state index contributed by atoms with van der Waals surface area (Å²) < 4.78 is 13.2. The van der Waals surface area contributed by atoms with E-state index in [0.29, 0.717) is 0 Å². The largest absolute Gasteiger partial charge is 0.508 e. The Labute approximate surface area is 63.9 Å². The van der Waals surface area contributed by atoms with E-state index in [9.17, 15) is 4.79 Å². The molecule has 0 spiro atoms. The molecule has 1 N–H and O–H groups in total. The highest BCUT2D eigenvalue weighted by Crippen LogP contribution is 2.03. The first-order valence-electron chi connectivity index (χ1n) is 3.35. The monoisotopic (exact) mass is 162 g/mol. The summed E-state index contributed by atoms with van der Waals surface area (Å²) in [4.78, 5) is 10.1. The molecule has 0 aromatic heterocycles. The molecular weight excluding hydrogens is 152 g/mol. The number of aliphatic hydroxyl groups excluding tert-OH is 1. The van der Waals surface area contributed by atoms with Gasteiger partial charge in [0.2, 0.25) is 0 Å². The van der Waals surface area contributed by atoms with Gasteiger partial charge in [-0.05, 0) is 0 Å². The van der Waals surface area contributed by atoms with E-state index in [4.69, 9.17) is 5.11 Å². The summed E-state index contributed by atoms with van der Waals surface area (Å²) in [6.07, 6.45) is -1.13. The summed E-state index contributed by atoms with van der Waals surface area (Å²) in [6.45, 7) is 2.01. The topological polar surface area (TPSA) is 68.3 Å². The molecule has 2 fully saturated rings. The van der Waals surface area contributed by atoms with Crippen molar-refractivity contribution >= 4 is 6.16 Å². The van der Waals surface area contributed by atoms with Crippen LogP contribution in [-0.2, 0) is 14.2 Å². The van der Waals surface area contributed by atoms with Crippen molar-refractivity contribution in [1.29, 1.82) is 0 Å². The Morgan fingerprint density at radius 1 is 1.55 bits per heavy atom. The molecular formula is C6H10O5. The highest BCUT2D eigenvalue weighted by atomic mass is 16.8. The standard InChI is InChI=1S/C4H6O4.C2H4O/c5-1-3-2-7-4(6)8-3;1-2-3-1/h3,5H,1-2H2;1-2H2. The van der Waals surface area contributed by atoms with Crippen LogP contribution < -0.4 is 0 Å². The van der Waals surface area contributed by atoms with E-state index in [-0.39, 0.29) is 13.2 Å². The first-order valence-corrected chi connectivity index (χ1v) is 3.35. The number of aliphatic hydroxyl groups is 1. The van der Waals surface area contributed by atoms with Crippen LogP contribution in [0.2, 0.25) is 0 Å². The summed E-state index contributed by atoms with van der Waals surface area (Å²) in [5.41, 5.74) is 0. The summed E-state index contributed by atoms with van der Waals surface area (Å²) in [6, 6.07) is 0. The molecule has 0 aromatic carbocycles.